The Bertz CT molecular complexity index is 928. The standard InChI is InChI=1S/C18H21N3O4S/c1-26(23,24)10-8-14(19)18(22)21-17-4-2-3-15(20-17)12-5-6-16-13(11-12)7-9-25-16/h2-6,11,14H,7-10,19H2,1H3,(H,20,21,22). The van der Waals surface area contributed by atoms with Crippen LogP contribution in [0.4, 0.5) is 5.82 Å². The number of rotatable bonds is 6. The van der Waals surface area contributed by atoms with Gasteiger partial charge in [-0.3, -0.25) is 4.79 Å². The summed E-state index contributed by atoms with van der Waals surface area (Å²) in [4.78, 5) is 16.6. The fraction of sp³-hybridized carbons (Fsp3) is 0.333. The normalized spacial score (nSPS) is 14.4. The summed E-state index contributed by atoms with van der Waals surface area (Å²) in [5.74, 6) is 0.682. The third-order valence-corrected chi connectivity index (χ3v) is 5.10. The van der Waals surface area contributed by atoms with Gasteiger partial charge in [0.15, 0.2) is 0 Å². The van der Waals surface area contributed by atoms with Crippen LogP contribution in [0, 0.1) is 0 Å². The van der Waals surface area contributed by atoms with E-state index in [2.05, 4.69) is 10.3 Å². The monoisotopic (exact) mass is 375 g/mol. The van der Waals surface area contributed by atoms with Crippen molar-refractivity contribution < 1.29 is 17.9 Å². The molecule has 1 aromatic carbocycles. The van der Waals surface area contributed by atoms with Crippen LogP contribution in [0.1, 0.15) is 12.0 Å². The Labute approximate surface area is 152 Å². The molecule has 1 aliphatic rings. The van der Waals surface area contributed by atoms with E-state index in [0.717, 1.165) is 35.2 Å². The molecule has 1 amide bonds. The minimum Gasteiger partial charge on any atom is -0.493 e. The van der Waals surface area contributed by atoms with Crippen molar-refractivity contribution in [1.29, 1.82) is 0 Å². The number of hydrogen-bond donors (Lipinski definition) is 2. The van der Waals surface area contributed by atoms with Gasteiger partial charge in [-0.2, -0.15) is 0 Å². The highest BCUT2D eigenvalue weighted by molar-refractivity contribution is 7.90. The first kappa shape index (κ1) is 18.3. The van der Waals surface area contributed by atoms with Crippen molar-refractivity contribution in [1.82, 2.24) is 4.98 Å². The Morgan fingerprint density at radius 1 is 1.35 bits per heavy atom. The summed E-state index contributed by atoms with van der Waals surface area (Å²) in [6, 6.07) is 10.3. The van der Waals surface area contributed by atoms with Crippen LogP contribution in [-0.2, 0) is 21.1 Å². The van der Waals surface area contributed by atoms with Crippen LogP contribution < -0.4 is 15.8 Å². The van der Waals surface area contributed by atoms with Gasteiger partial charge in [0.2, 0.25) is 5.91 Å². The maximum absolute atomic E-state index is 12.1. The van der Waals surface area contributed by atoms with E-state index in [4.69, 9.17) is 10.5 Å². The van der Waals surface area contributed by atoms with Gasteiger partial charge in [0.1, 0.15) is 21.4 Å². The van der Waals surface area contributed by atoms with Crippen molar-refractivity contribution in [2.45, 2.75) is 18.9 Å². The molecule has 0 aliphatic carbocycles. The third-order valence-electron chi connectivity index (χ3n) is 4.12. The first-order valence-electron chi connectivity index (χ1n) is 8.29. The van der Waals surface area contributed by atoms with E-state index in [9.17, 15) is 13.2 Å². The molecule has 0 radical (unpaired) electrons. The second kappa shape index (κ2) is 7.43. The summed E-state index contributed by atoms with van der Waals surface area (Å²) in [5, 5.41) is 2.65. The van der Waals surface area contributed by atoms with Crippen LogP contribution in [0.3, 0.4) is 0 Å². The Morgan fingerprint density at radius 3 is 2.92 bits per heavy atom. The molecule has 2 aromatic rings. The predicted octanol–water partition coefficient (Wildman–Crippen LogP) is 1.38. The number of nitrogens with zero attached hydrogens (tertiary/aromatic N) is 1. The largest absolute Gasteiger partial charge is 0.493 e. The number of nitrogens with one attached hydrogen (secondary N) is 1. The summed E-state index contributed by atoms with van der Waals surface area (Å²) < 4.78 is 27.9. The number of pyridine rings is 1. The molecule has 1 aliphatic heterocycles. The molecular formula is C18H21N3O4S. The lowest BCUT2D eigenvalue weighted by Crippen LogP contribution is -2.37. The van der Waals surface area contributed by atoms with Gasteiger partial charge in [-0.25, -0.2) is 13.4 Å². The van der Waals surface area contributed by atoms with E-state index >= 15 is 0 Å². The molecule has 0 spiro atoms. The molecule has 26 heavy (non-hydrogen) atoms. The molecule has 3 N–H and O–H groups in total. The molecule has 1 atom stereocenters. The molecule has 2 heterocycles. The summed E-state index contributed by atoms with van der Waals surface area (Å²) in [6.07, 6.45) is 2.05. The number of amides is 1. The lowest BCUT2D eigenvalue weighted by molar-refractivity contribution is -0.117. The molecule has 138 valence electrons. The molecule has 0 fully saturated rings. The molecular weight excluding hydrogens is 354 g/mol. The molecule has 8 heteroatoms. The number of anilines is 1. The lowest BCUT2D eigenvalue weighted by Gasteiger charge is -2.12. The smallest absolute Gasteiger partial charge is 0.242 e. The quantitative estimate of drug-likeness (QED) is 0.789. The van der Waals surface area contributed by atoms with E-state index in [1.165, 1.54) is 0 Å². The van der Waals surface area contributed by atoms with Crippen molar-refractivity contribution in [2.24, 2.45) is 5.73 Å². The highest BCUT2D eigenvalue weighted by Crippen LogP contribution is 2.30. The van der Waals surface area contributed by atoms with Gasteiger partial charge >= 0.3 is 0 Å². The van der Waals surface area contributed by atoms with Gasteiger partial charge in [-0.05, 0) is 42.3 Å². The highest BCUT2D eigenvalue weighted by Gasteiger charge is 2.17. The van der Waals surface area contributed by atoms with E-state index in [-0.39, 0.29) is 12.2 Å². The minimum absolute atomic E-state index is 0.0647. The second-order valence-corrected chi connectivity index (χ2v) is 8.60. The van der Waals surface area contributed by atoms with Crippen LogP contribution in [-0.4, -0.2) is 44.0 Å². The maximum atomic E-state index is 12.1. The van der Waals surface area contributed by atoms with Crippen molar-refractivity contribution >= 4 is 21.6 Å². The van der Waals surface area contributed by atoms with Crippen molar-refractivity contribution in [3.63, 3.8) is 0 Å². The van der Waals surface area contributed by atoms with Crippen molar-refractivity contribution in [3.8, 4) is 17.0 Å². The summed E-state index contributed by atoms with van der Waals surface area (Å²) in [6.45, 7) is 0.688. The fourth-order valence-corrected chi connectivity index (χ4v) is 3.38. The van der Waals surface area contributed by atoms with Gasteiger partial charge in [-0.15, -0.1) is 0 Å². The zero-order valence-corrected chi connectivity index (χ0v) is 15.3. The predicted molar refractivity (Wildman–Crippen MR) is 99.8 cm³/mol. The second-order valence-electron chi connectivity index (χ2n) is 6.34. The maximum Gasteiger partial charge on any atom is 0.242 e. The van der Waals surface area contributed by atoms with E-state index in [1.807, 2.05) is 24.3 Å². The summed E-state index contributed by atoms with van der Waals surface area (Å²) in [5.41, 5.74) is 8.57. The molecule has 7 nitrogen and oxygen atoms in total. The highest BCUT2D eigenvalue weighted by atomic mass is 32.2. The van der Waals surface area contributed by atoms with Crippen molar-refractivity contribution in [2.75, 3.05) is 23.9 Å². The van der Waals surface area contributed by atoms with E-state index < -0.39 is 21.8 Å². The Balaban J connectivity index is 1.70. The molecule has 0 saturated heterocycles. The third kappa shape index (κ3) is 4.59. The number of fused-ring (bicyclic) bond motifs is 1. The van der Waals surface area contributed by atoms with Gasteiger partial charge < -0.3 is 15.8 Å². The van der Waals surface area contributed by atoms with Crippen molar-refractivity contribution in [3.05, 3.63) is 42.0 Å². The topological polar surface area (TPSA) is 111 Å². The zero-order valence-electron chi connectivity index (χ0n) is 14.4. The minimum atomic E-state index is -3.16. The molecule has 1 aromatic heterocycles. The average Bonchev–Trinajstić information content (AvgIpc) is 3.07. The number of ether oxygens (including phenoxy) is 1. The number of carbonyl (C=O) groups excluding carboxylic acids is 1. The Kier molecular flexibility index (Phi) is 5.24. The number of hydrogen-bond acceptors (Lipinski definition) is 6. The molecule has 0 bridgehead atoms. The lowest BCUT2D eigenvalue weighted by atomic mass is 10.1. The first-order valence-corrected chi connectivity index (χ1v) is 10.4. The zero-order chi connectivity index (χ0) is 18.7. The molecule has 3 rings (SSSR count). The van der Waals surface area contributed by atoms with Crippen LogP contribution in [0.25, 0.3) is 11.3 Å². The number of sulfone groups is 1. The summed E-state index contributed by atoms with van der Waals surface area (Å²) >= 11 is 0. The number of benzene rings is 1. The van der Waals surface area contributed by atoms with E-state index in [0.29, 0.717) is 12.4 Å². The van der Waals surface area contributed by atoms with Crippen LogP contribution in [0.5, 0.6) is 5.75 Å². The Morgan fingerprint density at radius 2 is 2.15 bits per heavy atom. The van der Waals surface area contributed by atoms with E-state index in [1.54, 1.807) is 12.1 Å². The number of nitrogens with two attached hydrogens (primary N) is 1. The van der Waals surface area contributed by atoms with Gasteiger partial charge in [-0.1, -0.05) is 6.07 Å². The van der Waals surface area contributed by atoms with Gasteiger partial charge in [0, 0.05) is 18.2 Å². The molecule has 0 saturated carbocycles. The van der Waals surface area contributed by atoms with Crippen LogP contribution in [0.15, 0.2) is 36.4 Å². The Hall–Kier alpha value is -2.45. The number of carbonyl (C=O) groups is 1. The summed E-state index contributed by atoms with van der Waals surface area (Å²) in [7, 11) is -3.16. The molecule has 1 unspecified atom stereocenters. The first-order chi connectivity index (χ1) is 12.3. The SMILES string of the molecule is CS(=O)(=O)CCC(N)C(=O)Nc1cccc(-c2ccc3c(c2)CCO3)n1. The average molecular weight is 375 g/mol. The van der Waals surface area contributed by atoms with Gasteiger partial charge in [0.05, 0.1) is 24.1 Å². The number of aromatic nitrogens is 1. The fourth-order valence-electron chi connectivity index (χ4n) is 2.70. The van der Waals surface area contributed by atoms with Crippen LogP contribution >= 0.6 is 0 Å². The van der Waals surface area contributed by atoms with Gasteiger partial charge in [0.25, 0.3) is 0 Å². The van der Waals surface area contributed by atoms with Crippen LogP contribution in [0.2, 0.25) is 0 Å².